The normalized spacial score (nSPS) is 10.9. The molecule has 0 radical (unpaired) electrons. The zero-order valence-electron chi connectivity index (χ0n) is 17.2. The first-order valence-corrected chi connectivity index (χ1v) is 10.2. The van der Waals surface area contributed by atoms with Crippen molar-refractivity contribution in [3.63, 3.8) is 0 Å². The van der Waals surface area contributed by atoms with Crippen molar-refractivity contribution in [1.29, 1.82) is 0 Å². The van der Waals surface area contributed by atoms with Crippen LogP contribution in [-0.2, 0) is 13.0 Å². The van der Waals surface area contributed by atoms with Gasteiger partial charge >= 0.3 is 0 Å². The molecule has 0 bridgehead atoms. The summed E-state index contributed by atoms with van der Waals surface area (Å²) in [7, 11) is 0. The van der Waals surface area contributed by atoms with E-state index in [9.17, 15) is 13.6 Å². The third kappa shape index (κ3) is 5.15. The first-order chi connectivity index (χ1) is 15.9. The number of carbonyl (C=O) groups is 1. The summed E-state index contributed by atoms with van der Waals surface area (Å²) in [5.74, 6) is -1.80. The minimum atomic E-state index is -1.24. The van der Waals surface area contributed by atoms with Crippen LogP contribution >= 0.6 is 11.6 Å². The lowest BCUT2D eigenvalue weighted by Gasteiger charge is -2.11. The Morgan fingerprint density at radius 3 is 2.79 bits per heavy atom. The van der Waals surface area contributed by atoms with Crippen LogP contribution in [-0.4, -0.2) is 27.7 Å². The molecule has 0 spiro atoms. The van der Waals surface area contributed by atoms with E-state index in [2.05, 4.69) is 25.0 Å². The number of hydrogen-bond acceptors (Lipinski definition) is 6. The van der Waals surface area contributed by atoms with Crippen molar-refractivity contribution < 1.29 is 18.3 Å². The molecule has 10 heteroatoms. The topological polar surface area (TPSA) is 103 Å². The third-order valence-electron chi connectivity index (χ3n) is 4.87. The minimum Gasteiger partial charge on any atom is -0.458 e. The summed E-state index contributed by atoms with van der Waals surface area (Å²) in [5.41, 5.74) is 8.11. The molecular weight excluding hydrogens is 452 g/mol. The van der Waals surface area contributed by atoms with Crippen LogP contribution in [0.3, 0.4) is 0 Å². The molecule has 0 aliphatic rings. The minimum absolute atomic E-state index is 0.126. The number of aromatic nitrogens is 3. The summed E-state index contributed by atoms with van der Waals surface area (Å²) < 4.78 is 31.4. The van der Waals surface area contributed by atoms with Crippen molar-refractivity contribution in [2.24, 2.45) is 0 Å². The summed E-state index contributed by atoms with van der Waals surface area (Å²) in [6.07, 6.45) is 4.75. The van der Waals surface area contributed by atoms with Crippen LogP contribution in [0.1, 0.15) is 27.3 Å². The van der Waals surface area contributed by atoms with Crippen LogP contribution in [0, 0.1) is 5.82 Å². The van der Waals surface area contributed by atoms with E-state index in [0.717, 1.165) is 22.7 Å². The van der Waals surface area contributed by atoms with E-state index in [1.54, 1.807) is 18.3 Å². The van der Waals surface area contributed by atoms with Gasteiger partial charge in [0.15, 0.2) is 11.6 Å². The number of fused-ring (bicyclic) bond motifs is 1. The number of alkyl halides is 1. The van der Waals surface area contributed by atoms with Crippen LogP contribution in [0.5, 0.6) is 5.75 Å². The zero-order valence-corrected chi connectivity index (χ0v) is 17.9. The van der Waals surface area contributed by atoms with Gasteiger partial charge < -0.3 is 15.8 Å². The number of pyridine rings is 3. The van der Waals surface area contributed by atoms with Crippen LogP contribution in [0.4, 0.5) is 14.5 Å². The van der Waals surface area contributed by atoms with Crippen LogP contribution in [0.25, 0.3) is 10.9 Å². The van der Waals surface area contributed by atoms with Gasteiger partial charge in [0.1, 0.15) is 0 Å². The van der Waals surface area contributed by atoms with Gasteiger partial charge in [-0.15, -0.1) is 0 Å². The lowest BCUT2D eigenvalue weighted by atomic mass is 10.0. The molecule has 0 aliphatic carbocycles. The number of halogens is 3. The Bertz CT molecular complexity index is 1340. The summed E-state index contributed by atoms with van der Waals surface area (Å²) in [6, 6.07) is 10.8. The number of nitrogens with two attached hydrogens (primary N) is 1. The highest BCUT2D eigenvalue weighted by atomic mass is 35.5. The summed E-state index contributed by atoms with van der Waals surface area (Å²) in [4.78, 5) is 25.0. The number of ether oxygens (including phenoxy) is 1. The molecule has 3 heterocycles. The fourth-order valence-corrected chi connectivity index (χ4v) is 3.47. The van der Waals surface area contributed by atoms with Gasteiger partial charge in [-0.1, -0.05) is 17.7 Å². The molecule has 1 aromatic carbocycles. The van der Waals surface area contributed by atoms with E-state index >= 15 is 0 Å². The van der Waals surface area contributed by atoms with Crippen molar-refractivity contribution in [2.45, 2.75) is 13.0 Å². The van der Waals surface area contributed by atoms with E-state index in [-0.39, 0.29) is 17.9 Å². The van der Waals surface area contributed by atoms with Crippen molar-refractivity contribution in [3.8, 4) is 5.75 Å². The highest BCUT2D eigenvalue weighted by Gasteiger charge is 2.16. The monoisotopic (exact) mass is 469 g/mol. The molecule has 0 saturated heterocycles. The predicted molar refractivity (Wildman–Crippen MR) is 120 cm³/mol. The Morgan fingerprint density at radius 1 is 1.12 bits per heavy atom. The molecule has 3 N–H and O–H groups in total. The maximum absolute atomic E-state index is 14.4. The summed E-state index contributed by atoms with van der Waals surface area (Å²) in [6.45, 7) is -1.47. The number of nitrogen functional groups attached to an aromatic ring is 1. The van der Waals surface area contributed by atoms with E-state index in [4.69, 9.17) is 17.3 Å². The number of amides is 1. The van der Waals surface area contributed by atoms with Crippen molar-refractivity contribution in [3.05, 3.63) is 88.3 Å². The van der Waals surface area contributed by atoms with Gasteiger partial charge in [0.2, 0.25) is 6.86 Å². The van der Waals surface area contributed by atoms with Gasteiger partial charge in [-0.25, -0.2) is 8.78 Å². The smallest absolute Gasteiger partial charge is 0.251 e. The molecule has 168 valence electrons. The van der Waals surface area contributed by atoms with Crippen molar-refractivity contribution in [2.75, 3.05) is 12.6 Å². The first-order valence-electron chi connectivity index (χ1n) is 9.83. The number of carbonyl (C=O) groups excluding carboxylic acids is 1. The number of benzene rings is 1. The molecule has 0 unspecified atom stereocenters. The second-order valence-electron chi connectivity index (χ2n) is 7.13. The Balaban J connectivity index is 1.47. The van der Waals surface area contributed by atoms with E-state index in [0.29, 0.717) is 22.7 Å². The van der Waals surface area contributed by atoms with Gasteiger partial charge in [-0.3, -0.25) is 19.7 Å². The quantitative estimate of drug-likeness (QED) is 0.420. The number of anilines is 1. The molecular formula is C23H18ClF2N5O2. The summed E-state index contributed by atoms with van der Waals surface area (Å²) in [5, 5.41) is 4.04. The maximum Gasteiger partial charge on any atom is 0.251 e. The second kappa shape index (κ2) is 9.74. The number of hydrogen-bond donors (Lipinski definition) is 2. The highest BCUT2D eigenvalue weighted by Crippen LogP contribution is 2.26. The number of nitrogens with one attached hydrogen (secondary N) is 1. The molecule has 7 nitrogen and oxygen atoms in total. The Morgan fingerprint density at radius 2 is 1.97 bits per heavy atom. The average Bonchev–Trinajstić information content (AvgIpc) is 2.81. The van der Waals surface area contributed by atoms with Gasteiger partial charge in [-0.2, -0.15) is 0 Å². The molecule has 0 fully saturated rings. The molecule has 3 aromatic heterocycles. The molecule has 4 aromatic rings. The van der Waals surface area contributed by atoms with Crippen LogP contribution in [0.2, 0.25) is 5.02 Å². The molecule has 4 rings (SSSR count). The molecule has 1 amide bonds. The first kappa shape index (κ1) is 22.3. The molecule has 0 atom stereocenters. The predicted octanol–water partition coefficient (Wildman–Crippen LogP) is 4.23. The standard InChI is InChI=1S/C23H18ClF2N5O2/c24-16-7-15-5-13(1-2-19(15)29-9-16)6-17-8-14(3-4-28-17)23(32)31-11-20-21(26)22(33-12-25)18(27)10-30-20/h1-5,7-10H,6,11-12,27H2,(H,31,32). The Kier molecular flexibility index (Phi) is 6.60. The average molecular weight is 470 g/mol. The Hall–Kier alpha value is -3.85. The lowest BCUT2D eigenvalue weighted by Crippen LogP contribution is -2.24. The van der Waals surface area contributed by atoms with E-state index < -0.39 is 24.3 Å². The number of nitrogens with zero attached hydrogens (tertiary/aromatic N) is 3. The fourth-order valence-electron chi connectivity index (χ4n) is 3.30. The van der Waals surface area contributed by atoms with Crippen LogP contribution < -0.4 is 15.8 Å². The lowest BCUT2D eigenvalue weighted by molar-refractivity contribution is 0.0949. The second-order valence-corrected chi connectivity index (χ2v) is 7.57. The SMILES string of the molecule is Nc1cnc(CNC(=O)c2ccnc(Cc3ccc4ncc(Cl)cc4c3)c2)c(F)c1OCF. The Labute approximate surface area is 192 Å². The maximum atomic E-state index is 14.4. The molecule has 0 aliphatic heterocycles. The molecule has 0 saturated carbocycles. The summed E-state index contributed by atoms with van der Waals surface area (Å²) >= 11 is 6.03. The largest absolute Gasteiger partial charge is 0.458 e. The van der Waals surface area contributed by atoms with Crippen molar-refractivity contribution in [1.82, 2.24) is 20.3 Å². The highest BCUT2D eigenvalue weighted by molar-refractivity contribution is 6.31. The molecule has 33 heavy (non-hydrogen) atoms. The number of rotatable bonds is 7. The van der Waals surface area contributed by atoms with E-state index in [1.165, 1.54) is 6.20 Å². The van der Waals surface area contributed by atoms with Crippen molar-refractivity contribution >= 4 is 34.1 Å². The fraction of sp³-hybridized carbons (Fsp3) is 0.130. The zero-order chi connectivity index (χ0) is 23.4. The van der Waals surface area contributed by atoms with Gasteiger partial charge in [0, 0.05) is 35.5 Å². The van der Waals surface area contributed by atoms with Crippen LogP contribution in [0.15, 0.2) is 55.0 Å². The third-order valence-corrected chi connectivity index (χ3v) is 5.07. The van der Waals surface area contributed by atoms with Gasteiger partial charge in [0.25, 0.3) is 5.91 Å². The van der Waals surface area contributed by atoms with E-state index in [1.807, 2.05) is 24.3 Å². The van der Waals surface area contributed by atoms with Gasteiger partial charge in [0.05, 0.1) is 34.7 Å². The van der Waals surface area contributed by atoms with Gasteiger partial charge in [-0.05, 0) is 35.9 Å².